The van der Waals surface area contributed by atoms with Crippen molar-refractivity contribution in [3.63, 3.8) is 0 Å². The smallest absolute Gasteiger partial charge is 0.00107 e. The second kappa shape index (κ2) is 7.82. The molecule has 0 heterocycles. The fourth-order valence-corrected chi connectivity index (χ4v) is 5.13. The van der Waals surface area contributed by atoms with Gasteiger partial charge in [0.15, 0.2) is 0 Å². The second-order valence-corrected chi connectivity index (χ2v) is 7.74. The van der Waals surface area contributed by atoms with E-state index in [0.29, 0.717) is 5.41 Å². The van der Waals surface area contributed by atoms with Gasteiger partial charge in [0.1, 0.15) is 0 Å². The van der Waals surface area contributed by atoms with Crippen LogP contribution in [0.4, 0.5) is 0 Å². The lowest BCUT2D eigenvalue weighted by Gasteiger charge is -2.41. The molecule has 0 aliphatic heterocycles. The quantitative estimate of drug-likeness (QED) is 0.528. The van der Waals surface area contributed by atoms with Crippen LogP contribution in [0.5, 0.6) is 0 Å². The number of fused-ring (bicyclic) bond motifs is 2. The Bertz CT molecular complexity index is 275. The fraction of sp³-hybridized carbons (Fsp3) is 1.00. The van der Waals surface area contributed by atoms with Crippen LogP contribution in [0.1, 0.15) is 85.0 Å². The van der Waals surface area contributed by atoms with Crippen LogP contribution in [0.2, 0.25) is 0 Å². The molecule has 0 aromatic carbocycles. The first-order valence-electron chi connectivity index (χ1n) is 9.44. The average molecular weight is 280 g/mol. The lowest BCUT2D eigenvalue weighted by Crippen LogP contribution is -2.40. The molecule has 0 radical (unpaired) electrons. The Morgan fingerprint density at radius 3 is 2.55 bits per heavy atom. The lowest BCUT2D eigenvalue weighted by atomic mass is 9.67. The molecule has 118 valence electrons. The molecule has 0 aromatic heterocycles. The highest BCUT2D eigenvalue weighted by Gasteiger charge is 2.50. The average Bonchev–Trinajstić information content (AvgIpc) is 3.04. The molecule has 1 N–H and O–H groups in total. The highest BCUT2D eigenvalue weighted by molar-refractivity contribution is 5.02. The van der Waals surface area contributed by atoms with Gasteiger partial charge in [-0.1, -0.05) is 52.9 Å². The Labute approximate surface area is 127 Å². The van der Waals surface area contributed by atoms with Crippen molar-refractivity contribution in [2.75, 3.05) is 13.1 Å². The van der Waals surface area contributed by atoms with E-state index in [4.69, 9.17) is 0 Å². The summed E-state index contributed by atoms with van der Waals surface area (Å²) in [5.74, 6) is 3.11. The van der Waals surface area contributed by atoms with Gasteiger partial charge in [0.05, 0.1) is 0 Å². The van der Waals surface area contributed by atoms with E-state index >= 15 is 0 Å². The van der Waals surface area contributed by atoms with Gasteiger partial charge in [0.25, 0.3) is 0 Å². The van der Waals surface area contributed by atoms with Crippen LogP contribution in [0.3, 0.4) is 0 Å². The highest BCUT2D eigenvalue weighted by Crippen LogP contribution is 2.58. The third-order valence-electron chi connectivity index (χ3n) is 6.24. The maximum absolute atomic E-state index is 3.79. The van der Waals surface area contributed by atoms with E-state index in [2.05, 4.69) is 26.1 Å². The Hall–Kier alpha value is -0.0400. The summed E-state index contributed by atoms with van der Waals surface area (Å²) in [6, 6.07) is 0. The minimum Gasteiger partial charge on any atom is -0.316 e. The summed E-state index contributed by atoms with van der Waals surface area (Å²) < 4.78 is 0. The van der Waals surface area contributed by atoms with Crippen LogP contribution in [-0.4, -0.2) is 13.1 Å². The molecule has 2 fully saturated rings. The van der Waals surface area contributed by atoms with Gasteiger partial charge in [-0.25, -0.2) is 0 Å². The zero-order valence-electron chi connectivity index (χ0n) is 14.2. The summed E-state index contributed by atoms with van der Waals surface area (Å²) >= 11 is 0. The van der Waals surface area contributed by atoms with Gasteiger partial charge in [0.2, 0.25) is 0 Å². The predicted octanol–water partition coefficient (Wildman–Crippen LogP) is 5.40. The first-order chi connectivity index (χ1) is 9.74. The molecule has 2 aliphatic carbocycles. The van der Waals surface area contributed by atoms with E-state index in [-0.39, 0.29) is 0 Å². The Morgan fingerprint density at radius 2 is 2.00 bits per heavy atom. The molecule has 0 amide bonds. The van der Waals surface area contributed by atoms with Crippen LogP contribution in [0.25, 0.3) is 0 Å². The van der Waals surface area contributed by atoms with Gasteiger partial charge in [-0.3, -0.25) is 0 Å². The minimum atomic E-state index is 0.673. The van der Waals surface area contributed by atoms with Gasteiger partial charge >= 0.3 is 0 Å². The molecule has 20 heavy (non-hydrogen) atoms. The molecular weight excluding hydrogens is 242 g/mol. The third kappa shape index (κ3) is 3.78. The van der Waals surface area contributed by atoms with Crippen molar-refractivity contribution in [1.29, 1.82) is 0 Å². The van der Waals surface area contributed by atoms with E-state index in [1.807, 2.05) is 0 Å². The Balaban J connectivity index is 1.95. The standard InChI is InChI=1S/C19H37N/c1-4-7-8-16(6-3)13-19(15-20-11-5-2)14-17-9-10-18(19)12-17/h16-18,20H,4-15H2,1-3H3. The van der Waals surface area contributed by atoms with Gasteiger partial charge in [-0.2, -0.15) is 0 Å². The molecule has 2 rings (SSSR count). The summed E-state index contributed by atoms with van der Waals surface area (Å²) in [5.41, 5.74) is 0.673. The second-order valence-electron chi connectivity index (χ2n) is 7.74. The number of rotatable bonds is 10. The molecule has 1 nitrogen and oxygen atoms in total. The number of nitrogens with one attached hydrogen (secondary N) is 1. The Morgan fingerprint density at radius 1 is 1.15 bits per heavy atom. The van der Waals surface area contributed by atoms with E-state index in [1.54, 1.807) is 6.42 Å². The zero-order chi connectivity index (χ0) is 14.4. The summed E-state index contributed by atoms with van der Waals surface area (Å²) in [6.45, 7) is 9.57. The topological polar surface area (TPSA) is 12.0 Å². The molecule has 2 saturated carbocycles. The zero-order valence-corrected chi connectivity index (χ0v) is 14.2. The molecule has 0 aromatic rings. The summed E-state index contributed by atoms with van der Waals surface area (Å²) in [5, 5.41) is 3.79. The molecule has 0 saturated heterocycles. The van der Waals surface area contributed by atoms with Crippen LogP contribution in [0.15, 0.2) is 0 Å². The minimum absolute atomic E-state index is 0.673. The van der Waals surface area contributed by atoms with Gasteiger partial charge < -0.3 is 5.32 Å². The SMILES string of the molecule is CCCCC(CC)CC1(CNCCC)CC2CCC1C2. The molecular formula is C19H37N. The summed E-state index contributed by atoms with van der Waals surface area (Å²) in [6.07, 6.45) is 14.6. The van der Waals surface area contributed by atoms with Crippen molar-refractivity contribution in [3.05, 3.63) is 0 Å². The Kier molecular flexibility index (Phi) is 6.39. The van der Waals surface area contributed by atoms with Crippen molar-refractivity contribution >= 4 is 0 Å². The van der Waals surface area contributed by atoms with Crippen molar-refractivity contribution < 1.29 is 0 Å². The maximum atomic E-state index is 3.79. The van der Waals surface area contributed by atoms with Crippen LogP contribution in [0, 0.1) is 23.2 Å². The maximum Gasteiger partial charge on any atom is 0.00107 e. The van der Waals surface area contributed by atoms with Crippen molar-refractivity contribution in [2.24, 2.45) is 23.2 Å². The number of hydrogen-bond acceptors (Lipinski definition) is 1. The van der Waals surface area contributed by atoms with Crippen LogP contribution in [-0.2, 0) is 0 Å². The van der Waals surface area contributed by atoms with Crippen molar-refractivity contribution in [3.8, 4) is 0 Å². The van der Waals surface area contributed by atoms with Gasteiger partial charge in [0, 0.05) is 6.54 Å². The molecule has 0 spiro atoms. The lowest BCUT2D eigenvalue weighted by molar-refractivity contribution is 0.110. The molecule has 4 atom stereocenters. The normalized spacial score (nSPS) is 33.8. The van der Waals surface area contributed by atoms with E-state index in [0.717, 1.165) is 17.8 Å². The molecule has 2 aliphatic rings. The van der Waals surface area contributed by atoms with Crippen molar-refractivity contribution in [1.82, 2.24) is 5.32 Å². The molecule has 1 heteroatoms. The highest BCUT2D eigenvalue weighted by atomic mass is 14.9. The monoisotopic (exact) mass is 279 g/mol. The molecule has 2 bridgehead atoms. The fourth-order valence-electron chi connectivity index (χ4n) is 5.13. The third-order valence-corrected chi connectivity index (χ3v) is 6.24. The van der Waals surface area contributed by atoms with Crippen molar-refractivity contribution in [2.45, 2.75) is 85.0 Å². The summed E-state index contributed by atoms with van der Waals surface area (Å²) in [7, 11) is 0. The van der Waals surface area contributed by atoms with Gasteiger partial charge in [-0.15, -0.1) is 0 Å². The van der Waals surface area contributed by atoms with Crippen LogP contribution >= 0.6 is 0 Å². The van der Waals surface area contributed by atoms with E-state index in [1.165, 1.54) is 70.9 Å². The summed E-state index contributed by atoms with van der Waals surface area (Å²) in [4.78, 5) is 0. The van der Waals surface area contributed by atoms with Gasteiger partial charge in [-0.05, 0) is 61.8 Å². The number of hydrogen-bond donors (Lipinski definition) is 1. The van der Waals surface area contributed by atoms with E-state index < -0.39 is 0 Å². The van der Waals surface area contributed by atoms with Crippen LogP contribution < -0.4 is 5.32 Å². The predicted molar refractivity (Wildman–Crippen MR) is 89.0 cm³/mol. The molecule has 4 unspecified atom stereocenters. The largest absolute Gasteiger partial charge is 0.316 e. The van der Waals surface area contributed by atoms with E-state index in [9.17, 15) is 0 Å². The first kappa shape index (κ1) is 16.3. The first-order valence-corrected chi connectivity index (χ1v) is 9.44. The number of unbranched alkanes of at least 4 members (excludes halogenated alkanes) is 1.